The van der Waals surface area contributed by atoms with Crippen molar-refractivity contribution < 1.29 is 9.90 Å². The van der Waals surface area contributed by atoms with Crippen molar-refractivity contribution in [2.24, 2.45) is 0 Å². The molecule has 0 saturated heterocycles. The summed E-state index contributed by atoms with van der Waals surface area (Å²) in [6.45, 7) is 0.736. The van der Waals surface area contributed by atoms with Gasteiger partial charge in [0, 0.05) is 24.6 Å². The number of nitrogens with zero attached hydrogens (tertiary/aromatic N) is 2. The number of carbonyl (C=O) groups excluding carboxylic acids is 1. The van der Waals surface area contributed by atoms with E-state index in [0.29, 0.717) is 24.7 Å². The molecule has 0 unspecified atom stereocenters. The van der Waals surface area contributed by atoms with Gasteiger partial charge in [-0.3, -0.25) is 4.79 Å². The minimum atomic E-state index is 0.00667. The van der Waals surface area contributed by atoms with Gasteiger partial charge in [0.05, 0.1) is 4.88 Å². The Morgan fingerprint density at radius 1 is 1.43 bits per heavy atom. The lowest BCUT2D eigenvalue weighted by Gasteiger charge is -2.37. The highest BCUT2D eigenvalue weighted by molar-refractivity contribution is 7.20. The molecule has 0 bridgehead atoms. The van der Waals surface area contributed by atoms with E-state index in [1.807, 2.05) is 27.8 Å². The van der Waals surface area contributed by atoms with Crippen LogP contribution in [-0.4, -0.2) is 40.1 Å². The van der Waals surface area contributed by atoms with E-state index in [2.05, 4.69) is 4.98 Å². The maximum atomic E-state index is 12.7. The molecule has 112 valence electrons. The van der Waals surface area contributed by atoms with Crippen LogP contribution >= 0.6 is 22.7 Å². The number of rotatable bonds is 6. The summed E-state index contributed by atoms with van der Waals surface area (Å²) in [5.41, 5.74) is 0.535. The third-order valence-corrected chi connectivity index (χ3v) is 5.67. The quantitative estimate of drug-likeness (QED) is 0.888. The zero-order valence-corrected chi connectivity index (χ0v) is 13.3. The molecule has 0 aromatic carbocycles. The predicted molar refractivity (Wildman–Crippen MR) is 85.8 cm³/mol. The minimum Gasteiger partial charge on any atom is -0.396 e. The fraction of sp³-hybridized carbons (Fsp3) is 0.467. The van der Waals surface area contributed by atoms with Crippen molar-refractivity contribution in [1.29, 1.82) is 0 Å². The molecule has 1 fully saturated rings. The number of carbonyl (C=O) groups is 1. The summed E-state index contributed by atoms with van der Waals surface area (Å²) in [6.07, 6.45) is 3.95. The SMILES string of the molecule is O=C(c1csc(-c2cccs2)n1)N(CCCO)C1CCC1. The number of thiophene rings is 1. The number of hydrogen-bond acceptors (Lipinski definition) is 5. The minimum absolute atomic E-state index is 0.00667. The van der Waals surface area contributed by atoms with Crippen LogP contribution in [0.2, 0.25) is 0 Å². The van der Waals surface area contributed by atoms with Crippen molar-refractivity contribution in [3.05, 3.63) is 28.6 Å². The molecule has 0 aliphatic heterocycles. The van der Waals surface area contributed by atoms with Gasteiger partial charge in [-0.25, -0.2) is 4.98 Å². The van der Waals surface area contributed by atoms with E-state index in [0.717, 1.165) is 22.7 Å². The molecule has 3 rings (SSSR count). The van der Waals surface area contributed by atoms with Crippen LogP contribution in [0.3, 0.4) is 0 Å². The first-order valence-corrected chi connectivity index (χ1v) is 8.97. The van der Waals surface area contributed by atoms with Gasteiger partial charge in [0.1, 0.15) is 10.7 Å². The van der Waals surface area contributed by atoms with Crippen molar-refractivity contribution in [1.82, 2.24) is 9.88 Å². The largest absolute Gasteiger partial charge is 0.396 e. The molecule has 1 aliphatic carbocycles. The molecule has 2 heterocycles. The molecule has 2 aromatic heterocycles. The number of hydrogen-bond donors (Lipinski definition) is 1. The van der Waals surface area contributed by atoms with Crippen molar-refractivity contribution in [3.63, 3.8) is 0 Å². The summed E-state index contributed by atoms with van der Waals surface area (Å²) in [7, 11) is 0. The first-order chi connectivity index (χ1) is 10.3. The topological polar surface area (TPSA) is 53.4 Å². The number of aromatic nitrogens is 1. The summed E-state index contributed by atoms with van der Waals surface area (Å²) in [6, 6.07) is 4.34. The first kappa shape index (κ1) is 14.7. The Bertz CT molecular complexity index is 591. The molecule has 4 nitrogen and oxygen atoms in total. The van der Waals surface area contributed by atoms with E-state index >= 15 is 0 Å². The smallest absolute Gasteiger partial charge is 0.273 e. The molecule has 1 amide bonds. The second-order valence-electron chi connectivity index (χ2n) is 5.18. The number of amides is 1. The third-order valence-electron chi connectivity index (χ3n) is 3.79. The Balaban J connectivity index is 1.76. The molecule has 6 heteroatoms. The van der Waals surface area contributed by atoms with E-state index in [1.165, 1.54) is 17.8 Å². The Kier molecular flexibility index (Phi) is 4.67. The molecule has 2 aromatic rings. The van der Waals surface area contributed by atoms with Gasteiger partial charge < -0.3 is 10.0 Å². The Morgan fingerprint density at radius 3 is 2.90 bits per heavy atom. The molecular weight excluding hydrogens is 304 g/mol. The van der Waals surface area contributed by atoms with E-state index < -0.39 is 0 Å². The van der Waals surface area contributed by atoms with Crippen molar-refractivity contribution in [3.8, 4) is 9.88 Å². The predicted octanol–water partition coefficient (Wildman–Crippen LogP) is 3.25. The van der Waals surface area contributed by atoms with E-state index in [4.69, 9.17) is 5.11 Å². The zero-order chi connectivity index (χ0) is 14.7. The van der Waals surface area contributed by atoms with E-state index in [-0.39, 0.29) is 12.5 Å². The van der Waals surface area contributed by atoms with Gasteiger partial charge >= 0.3 is 0 Å². The van der Waals surface area contributed by atoms with Crippen molar-refractivity contribution >= 4 is 28.6 Å². The Labute approximate surface area is 132 Å². The van der Waals surface area contributed by atoms with Crippen LogP contribution in [0.15, 0.2) is 22.9 Å². The molecule has 1 aliphatic rings. The van der Waals surface area contributed by atoms with Crippen LogP contribution in [0.25, 0.3) is 9.88 Å². The number of aliphatic hydroxyl groups is 1. The summed E-state index contributed by atoms with van der Waals surface area (Å²) >= 11 is 3.15. The molecule has 0 spiro atoms. The molecule has 1 N–H and O–H groups in total. The van der Waals surface area contributed by atoms with Gasteiger partial charge in [-0.05, 0) is 37.1 Å². The zero-order valence-electron chi connectivity index (χ0n) is 11.7. The van der Waals surface area contributed by atoms with Crippen LogP contribution in [0, 0.1) is 0 Å². The standard InChI is InChI=1S/C15H18N2O2S2/c18-8-3-7-17(11-4-1-5-11)15(19)12-10-21-14(16-12)13-6-2-9-20-13/h2,6,9-11,18H,1,3-5,7-8H2. The maximum absolute atomic E-state index is 12.7. The van der Waals surface area contributed by atoms with E-state index in [9.17, 15) is 4.79 Å². The average Bonchev–Trinajstić information content (AvgIpc) is 3.09. The number of thiazole rings is 1. The van der Waals surface area contributed by atoms with Gasteiger partial charge in [-0.15, -0.1) is 22.7 Å². The van der Waals surface area contributed by atoms with Gasteiger partial charge in [0.15, 0.2) is 0 Å². The fourth-order valence-electron chi connectivity index (χ4n) is 2.42. The third kappa shape index (κ3) is 3.17. The second-order valence-corrected chi connectivity index (χ2v) is 6.98. The van der Waals surface area contributed by atoms with Gasteiger partial charge in [0.2, 0.25) is 0 Å². The lowest BCUT2D eigenvalue weighted by Crippen LogP contribution is -2.45. The summed E-state index contributed by atoms with van der Waals surface area (Å²) in [4.78, 5) is 20.2. The average molecular weight is 322 g/mol. The van der Waals surface area contributed by atoms with Crippen LogP contribution < -0.4 is 0 Å². The van der Waals surface area contributed by atoms with Crippen molar-refractivity contribution in [2.45, 2.75) is 31.7 Å². The molecule has 1 saturated carbocycles. The normalized spacial score (nSPS) is 14.9. The lowest BCUT2D eigenvalue weighted by molar-refractivity contribution is 0.0557. The summed E-state index contributed by atoms with van der Waals surface area (Å²) in [5, 5.41) is 13.8. The first-order valence-electron chi connectivity index (χ1n) is 7.21. The van der Waals surface area contributed by atoms with Crippen LogP contribution in [0.1, 0.15) is 36.2 Å². The highest BCUT2D eigenvalue weighted by Crippen LogP contribution is 2.30. The van der Waals surface area contributed by atoms with E-state index in [1.54, 1.807) is 11.3 Å². The second kappa shape index (κ2) is 6.68. The highest BCUT2D eigenvalue weighted by Gasteiger charge is 2.30. The Morgan fingerprint density at radius 2 is 2.29 bits per heavy atom. The maximum Gasteiger partial charge on any atom is 0.273 e. The number of aliphatic hydroxyl groups excluding tert-OH is 1. The molecule has 0 radical (unpaired) electrons. The van der Waals surface area contributed by atoms with Crippen LogP contribution in [0.5, 0.6) is 0 Å². The summed E-state index contributed by atoms with van der Waals surface area (Å²) < 4.78 is 0. The van der Waals surface area contributed by atoms with Gasteiger partial charge in [0.25, 0.3) is 5.91 Å². The lowest BCUT2D eigenvalue weighted by atomic mass is 9.91. The van der Waals surface area contributed by atoms with Gasteiger partial charge in [-0.1, -0.05) is 6.07 Å². The van der Waals surface area contributed by atoms with Crippen LogP contribution in [-0.2, 0) is 0 Å². The van der Waals surface area contributed by atoms with Crippen molar-refractivity contribution in [2.75, 3.05) is 13.2 Å². The Hall–Kier alpha value is -1.24. The fourth-order valence-corrected chi connectivity index (χ4v) is 4.03. The molecule has 0 atom stereocenters. The van der Waals surface area contributed by atoms with Crippen LogP contribution in [0.4, 0.5) is 0 Å². The van der Waals surface area contributed by atoms with Gasteiger partial charge in [-0.2, -0.15) is 0 Å². The summed E-state index contributed by atoms with van der Waals surface area (Å²) in [5.74, 6) is 0.00667. The molecule has 21 heavy (non-hydrogen) atoms. The highest BCUT2D eigenvalue weighted by atomic mass is 32.1. The monoisotopic (exact) mass is 322 g/mol. The molecular formula is C15H18N2O2S2.